The van der Waals surface area contributed by atoms with Gasteiger partial charge in [-0.15, -0.1) is 0 Å². The summed E-state index contributed by atoms with van der Waals surface area (Å²) in [7, 11) is 0. The Hall–Kier alpha value is -1.34. The van der Waals surface area contributed by atoms with Gasteiger partial charge in [0.15, 0.2) is 0 Å². The fraction of sp³-hybridized carbons (Fsp3) is 0.533. The first-order valence-corrected chi connectivity index (χ1v) is 8.59. The third-order valence-corrected chi connectivity index (χ3v) is 5.15. The highest BCUT2D eigenvalue weighted by atomic mass is 79.9. The van der Waals surface area contributed by atoms with Crippen molar-refractivity contribution in [1.82, 2.24) is 24.9 Å². The van der Waals surface area contributed by atoms with E-state index >= 15 is 0 Å². The van der Waals surface area contributed by atoms with Crippen LogP contribution in [0.15, 0.2) is 16.9 Å². The molecule has 1 N–H and O–H groups in total. The van der Waals surface area contributed by atoms with E-state index in [1.807, 2.05) is 32.4 Å². The van der Waals surface area contributed by atoms with Gasteiger partial charge < -0.3 is 5.32 Å². The van der Waals surface area contributed by atoms with Gasteiger partial charge in [0.25, 0.3) is 0 Å². The maximum atomic E-state index is 12.4. The predicted octanol–water partition coefficient (Wildman–Crippen LogP) is 3.05. The normalized spacial score (nSPS) is 11.7. The highest BCUT2D eigenvalue weighted by molar-refractivity contribution is 9.10. The van der Waals surface area contributed by atoms with Gasteiger partial charge in [-0.05, 0) is 50.0 Å². The number of aromatic nitrogens is 4. The quantitative estimate of drug-likeness (QED) is 0.755. The first kappa shape index (κ1) is 18.0. The summed E-state index contributed by atoms with van der Waals surface area (Å²) in [6, 6.07) is 0. The van der Waals surface area contributed by atoms with Crippen LogP contribution in [0.2, 0.25) is 5.02 Å². The first-order valence-electron chi connectivity index (χ1n) is 7.42. The molecule has 0 unspecified atom stereocenters. The molecule has 0 aliphatic carbocycles. The van der Waals surface area contributed by atoms with Gasteiger partial charge in [-0.2, -0.15) is 10.2 Å². The first-order chi connectivity index (χ1) is 10.7. The highest BCUT2D eigenvalue weighted by Gasteiger charge is 2.30. The molecule has 0 aliphatic heterocycles. The van der Waals surface area contributed by atoms with Crippen LogP contribution in [0.3, 0.4) is 0 Å². The number of nitrogens with one attached hydrogen (secondary N) is 1. The Balaban J connectivity index is 1.86. The molecule has 2 aromatic rings. The fourth-order valence-electron chi connectivity index (χ4n) is 2.25. The number of halogens is 2. The maximum absolute atomic E-state index is 12.4. The molecule has 126 valence electrons. The zero-order valence-electron chi connectivity index (χ0n) is 13.7. The molecule has 0 saturated heterocycles. The van der Waals surface area contributed by atoms with Crippen LogP contribution in [0.1, 0.15) is 31.7 Å². The molecule has 1 amide bonds. The van der Waals surface area contributed by atoms with E-state index in [9.17, 15) is 4.79 Å². The summed E-state index contributed by atoms with van der Waals surface area (Å²) < 4.78 is 4.56. The lowest BCUT2D eigenvalue weighted by Gasteiger charge is -2.24. The average Bonchev–Trinajstić information content (AvgIpc) is 3.03. The number of carbonyl (C=O) groups is 1. The predicted molar refractivity (Wildman–Crippen MR) is 93.6 cm³/mol. The van der Waals surface area contributed by atoms with Gasteiger partial charge in [0.2, 0.25) is 5.91 Å². The molecular formula is C15H21BrClN5O. The second-order valence-electron chi connectivity index (χ2n) is 5.98. The van der Waals surface area contributed by atoms with E-state index in [2.05, 4.69) is 31.4 Å². The van der Waals surface area contributed by atoms with Gasteiger partial charge in [-0.25, -0.2) is 0 Å². The summed E-state index contributed by atoms with van der Waals surface area (Å²) in [6.45, 7) is 8.94. The molecule has 2 rings (SSSR count). The number of rotatable bonds is 6. The highest BCUT2D eigenvalue weighted by Crippen LogP contribution is 2.20. The largest absolute Gasteiger partial charge is 0.354 e. The van der Waals surface area contributed by atoms with Crippen molar-refractivity contribution < 1.29 is 4.79 Å². The smallest absolute Gasteiger partial charge is 0.247 e. The Labute approximate surface area is 149 Å². The zero-order valence-corrected chi connectivity index (χ0v) is 16.1. The van der Waals surface area contributed by atoms with E-state index in [4.69, 9.17) is 11.6 Å². The van der Waals surface area contributed by atoms with Crippen molar-refractivity contribution in [2.45, 2.75) is 46.2 Å². The topological polar surface area (TPSA) is 64.7 Å². The zero-order chi connectivity index (χ0) is 17.2. The number of hydrogen-bond donors (Lipinski definition) is 1. The van der Waals surface area contributed by atoms with Crippen molar-refractivity contribution in [1.29, 1.82) is 0 Å². The molecule has 0 aliphatic rings. The van der Waals surface area contributed by atoms with Gasteiger partial charge in [-0.3, -0.25) is 14.2 Å². The molecule has 0 bridgehead atoms. The van der Waals surface area contributed by atoms with E-state index in [-0.39, 0.29) is 5.91 Å². The summed E-state index contributed by atoms with van der Waals surface area (Å²) in [5.41, 5.74) is 1.29. The molecule has 0 aromatic carbocycles. The molecule has 2 aromatic heterocycles. The minimum atomic E-state index is -0.783. The minimum Gasteiger partial charge on any atom is -0.354 e. The number of carbonyl (C=O) groups excluding carboxylic acids is 1. The molecular weight excluding hydrogens is 382 g/mol. The fourth-order valence-corrected chi connectivity index (χ4v) is 2.67. The lowest BCUT2D eigenvalue weighted by atomic mass is 10.1. The van der Waals surface area contributed by atoms with Gasteiger partial charge in [0.1, 0.15) is 5.54 Å². The minimum absolute atomic E-state index is 0.0909. The van der Waals surface area contributed by atoms with Gasteiger partial charge in [-0.1, -0.05) is 11.6 Å². The summed E-state index contributed by atoms with van der Waals surface area (Å²) >= 11 is 9.38. The van der Waals surface area contributed by atoms with E-state index in [1.54, 1.807) is 10.9 Å². The van der Waals surface area contributed by atoms with Crippen LogP contribution in [-0.4, -0.2) is 32.0 Å². The van der Waals surface area contributed by atoms with Crippen molar-refractivity contribution >= 4 is 33.4 Å². The van der Waals surface area contributed by atoms with Crippen molar-refractivity contribution in [2.75, 3.05) is 6.54 Å². The molecule has 8 heteroatoms. The van der Waals surface area contributed by atoms with Crippen LogP contribution >= 0.6 is 27.5 Å². The van der Waals surface area contributed by atoms with Gasteiger partial charge in [0.05, 0.1) is 21.4 Å². The Morgan fingerprint density at radius 2 is 2.13 bits per heavy atom. The monoisotopic (exact) mass is 401 g/mol. The van der Waals surface area contributed by atoms with Crippen LogP contribution in [0, 0.1) is 13.8 Å². The van der Waals surface area contributed by atoms with Crippen molar-refractivity contribution in [3.8, 4) is 0 Å². The maximum Gasteiger partial charge on any atom is 0.247 e. The van der Waals surface area contributed by atoms with Crippen LogP contribution < -0.4 is 5.32 Å². The third kappa shape index (κ3) is 3.95. The molecule has 0 radical (unpaired) electrons. The molecule has 6 nitrogen and oxygen atoms in total. The summed E-state index contributed by atoms with van der Waals surface area (Å²) in [4.78, 5) is 12.4. The molecule has 23 heavy (non-hydrogen) atoms. The van der Waals surface area contributed by atoms with E-state index < -0.39 is 5.54 Å². The second kappa shape index (κ2) is 7.05. The Morgan fingerprint density at radius 3 is 2.65 bits per heavy atom. The summed E-state index contributed by atoms with van der Waals surface area (Å²) in [6.07, 6.45) is 3.97. The number of amides is 1. The van der Waals surface area contributed by atoms with E-state index in [0.717, 1.165) is 28.8 Å². The number of nitrogens with zero attached hydrogens (tertiary/aromatic N) is 4. The van der Waals surface area contributed by atoms with Crippen LogP contribution in [0.4, 0.5) is 0 Å². The van der Waals surface area contributed by atoms with Gasteiger partial charge >= 0.3 is 0 Å². The second-order valence-corrected chi connectivity index (χ2v) is 7.21. The van der Waals surface area contributed by atoms with Crippen LogP contribution in [-0.2, 0) is 16.9 Å². The van der Waals surface area contributed by atoms with Crippen molar-refractivity contribution in [2.24, 2.45) is 0 Å². The SMILES string of the molecule is Cc1nn(CCCNC(=O)C(C)(C)n2cc(Cl)cn2)c(C)c1Br. The standard InChI is InChI=1S/C15H21BrClN5O/c1-10-13(16)11(2)21(20-10)7-5-6-18-14(23)15(3,4)22-9-12(17)8-19-22/h8-9H,5-7H2,1-4H3,(H,18,23). The van der Waals surface area contributed by atoms with Crippen LogP contribution in [0.25, 0.3) is 0 Å². The molecule has 2 heterocycles. The third-order valence-electron chi connectivity index (χ3n) is 3.80. The molecule has 0 atom stereocenters. The summed E-state index contributed by atoms with van der Waals surface area (Å²) in [5, 5.41) is 12.0. The number of aryl methyl sites for hydroxylation is 2. The van der Waals surface area contributed by atoms with Crippen molar-refractivity contribution in [3.05, 3.63) is 33.3 Å². The van der Waals surface area contributed by atoms with Crippen LogP contribution in [0.5, 0.6) is 0 Å². The Kier molecular flexibility index (Phi) is 5.52. The Bertz CT molecular complexity index is 707. The lowest BCUT2D eigenvalue weighted by molar-refractivity contribution is -0.128. The number of hydrogen-bond acceptors (Lipinski definition) is 3. The van der Waals surface area contributed by atoms with Crippen molar-refractivity contribution in [3.63, 3.8) is 0 Å². The molecule has 0 fully saturated rings. The lowest BCUT2D eigenvalue weighted by Crippen LogP contribution is -2.45. The van der Waals surface area contributed by atoms with E-state index in [0.29, 0.717) is 11.6 Å². The Morgan fingerprint density at radius 1 is 1.43 bits per heavy atom. The van der Waals surface area contributed by atoms with Gasteiger partial charge in [0, 0.05) is 25.0 Å². The van der Waals surface area contributed by atoms with E-state index in [1.165, 1.54) is 6.20 Å². The molecule has 0 saturated carbocycles. The average molecular weight is 403 g/mol. The summed E-state index contributed by atoms with van der Waals surface area (Å²) in [5.74, 6) is -0.0909. The molecule has 0 spiro atoms.